The molecule has 0 aliphatic carbocycles. The van der Waals surface area contributed by atoms with Crippen LogP contribution in [0.3, 0.4) is 0 Å². The number of amides is 1. The fraction of sp³-hybridized carbons (Fsp3) is 0.791. The van der Waals surface area contributed by atoms with Crippen LogP contribution in [0.1, 0.15) is 200 Å². The smallest absolute Gasteiger partial charge is 0.220 e. The summed E-state index contributed by atoms with van der Waals surface area (Å²) >= 11 is 0. The van der Waals surface area contributed by atoms with E-state index in [4.69, 9.17) is 0 Å². The number of carbonyl (C=O) groups is 1. The van der Waals surface area contributed by atoms with Gasteiger partial charge in [0.1, 0.15) is 0 Å². The van der Waals surface area contributed by atoms with Crippen molar-refractivity contribution in [1.29, 1.82) is 0 Å². The molecule has 0 bridgehead atoms. The van der Waals surface area contributed by atoms with E-state index in [1.807, 2.05) is 6.08 Å². The summed E-state index contributed by atoms with van der Waals surface area (Å²) in [5.74, 6) is -0.0721. The van der Waals surface area contributed by atoms with E-state index in [0.29, 0.717) is 6.42 Å². The Kier molecular flexibility index (Phi) is 37.4. The number of rotatable bonds is 36. The molecule has 274 valence electrons. The molecule has 0 saturated carbocycles. The van der Waals surface area contributed by atoms with Gasteiger partial charge in [-0.1, -0.05) is 184 Å². The Morgan fingerprint density at radius 1 is 0.511 bits per heavy atom. The first-order chi connectivity index (χ1) is 23.2. The minimum Gasteiger partial charge on any atom is -0.394 e. The lowest BCUT2D eigenvalue weighted by Gasteiger charge is -2.20. The average Bonchev–Trinajstić information content (AvgIpc) is 3.07. The van der Waals surface area contributed by atoms with Crippen LogP contribution in [-0.4, -0.2) is 34.9 Å². The van der Waals surface area contributed by atoms with Crippen molar-refractivity contribution in [2.45, 2.75) is 212 Å². The van der Waals surface area contributed by atoms with Crippen molar-refractivity contribution < 1.29 is 15.0 Å². The highest BCUT2D eigenvalue weighted by Crippen LogP contribution is 2.14. The van der Waals surface area contributed by atoms with Gasteiger partial charge in [-0.3, -0.25) is 4.79 Å². The van der Waals surface area contributed by atoms with Crippen LogP contribution in [0, 0.1) is 0 Å². The Morgan fingerprint density at radius 2 is 0.872 bits per heavy atom. The van der Waals surface area contributed by atoms with Crippen molar-refractivity contribution in [2.24, 2.45) is 0 Å². The monoisotopic (exact) mass is 658 g/mol. The van der Waals surface area contributed by atoms with E-state index in [1.165, 1.54) is 141 Å². The molecule has 0 fully saturated rings. The van der Waals surface area contributed by atoms with Gasteiger partial charge in [0.25, 0.3) is 0 Å². The number of hydrogen-bond acceptors (Lipinski definition) is 3. The first-order valence-electron chi connectivity index (χ1n) is 20.4. The van der Waals surface area contributed by atoms with Crippen LogP contribution in [0.15, 0.2) is 48.6 Å². The molecular formula is C43H79NO3. The van der Waals surface area contributed by atoms with Crippen LogP contribution in [0.2, 0.25) is 0 Å². The number of aliphatic hydroxyl groups is 2. The fourth-order valence-electron chi connectivity index (χ4n) is 5.89. The van der Waals surface area contributed by atoms with Crippen molar-refractivity contribution >= 4 is 5.91 Å². The van der Waals surface area contributed by atoms with Crippen LogP contribution in [0.5, 0.6) is 0 Å². The number of carbonyl (C=O) groups excluding carboxylic acids is 1. The normalized spacial score (nSPS) is 13.5. The Bertz CT molecular complexity index is 756. The van der Waals surface area contributed by atoms with E-state index in [0.717, 1.165) is 38.5 Å². The summed E-state index contributed by atoms with van der Waals surface area (Å²) in [4.78, 5) is 12.3. The van der Waals surface area contributed by atoms with Gasteiger partial charge in [0.15, 0.2) is 0 Å². The molecule has 0 aromatic heterocycles. The lowest BCUT2D eigenvalue weighted by Crippen LogP contribution is -2.45. The third-order valence-corrected chi connectivity index (χ3v) is 9.06. The van der Waals surface area contributed by atoms with Crippen LogP contribution in [0.4, 0.5) is 0 Å². The predicted molar refractivity (Wildman–Crippen MR) is 207 cm³/mol. The lowest BCUT2D eigenvalue weighted by atomic mass is 10.0. The molecule has 3 N–H and O–H groups in total. The molecular weight excluding hydrogens is 578 g/mol. The van der Waals surface area contributed by atoms with E-state index in [-0.39, 0.29) is 12.5 Å². The summed E-state index contributed by atoms with van der Waals surface area (Å²) in [6.07, 6.45) is 52.4. The third kappa shape index (κ3) is 35.5. The maximum Gasteiger partial charge on any atom is 0.220 e. The van der Waals surface area contributed by atoms with Gasteiger partial charge in [-0.25, -0.2) is 0 Å². The molecule has 0 heterocycles. The van der Waals surface area contributed by atoms with Gasteiger partial charge in [-0.15, -0.1) is 0 Å². The first kappa shape index (κ1) is 45.3. The highest BCUT2D eigenvalue weighted by molar-refractivity contribution is 5.76. The molecule has 0 aliphatic heterocycles. The molecule has 0 saturated heterocycles. The van der Waals surface area contributed by atoms with E-state index >= 15 is 0 Å². The maximum absolute atomic E-state index is 12.3. The standard InChI is InChI=1S/C43H79NO3/c1-3-5-7-9-11-12-13-14-15-16-17-18-19-20-21-22-23-24-25-26-27-28-29-30-31-32-33-35-37-39-43(47)44-41(40-45)42(46)38-36-34-10-8-6-4-2/h13-14,16-17,19-20,36,38,41-42,45-46H,3-12,15,18,21-35,37,39-40H2,1-2H3,(H,44,47)/b14-13-,17-16-,20-19-,38-36+. The second-order valence-corrected chi connectivity index (χ2v) is 13.7. The molecule has 0 aliphatic rings. The Balaban J connectivity index is 3.45. The zero-order valence-corrected chi connectivity index (χ0v) is 31.3. The molecule has 4 heteroatoms. The second-order valence-electron chi connectivity index (χ2n) is 13.7. The topological polar surface area (TPSA) is 69.6 Å². The summed E-state index contributed by atoms with van der Waals surface area (Å²) in [6.45, 7) is 4.21. The van der Waals surface area contributed by atoms with Crippen LogP contribution in [0.25, 0.3) is 0 Å². The van der Waals surface area contributed by atoms with Gasteiger partial charge in [0, 0.05) is 6.42 Å². The SMILES string of the molecule is CCCCCC/C=C/C(O)C(CO)NC(=O)CCCCCCCCCCCCCCCC/C=C\C/C=C\C/C=C\CCCCCCC. The highest BCUT2D eigenvalue weighted by atomic mass is 16.3. The highest BCUT2D eigenvalue weighted by Gasteiger charge is 2.17. The molecule has 47 heavy (non-hydrogen) atoms. The van der Waals surface area contributed by atoms with E-state index < -0.39 is 12.1 Å². The molecule has 1 amide bonds. The predicted octanol–water partition coefficient (Wildman–Crippen LogP) is 12.4. The summed E-state index contributed by atoms with van der Waals surface area (Å²) in [5.41, 5.74) is 0. The number of nitrogens with one attached hydrogen (secondary N) is 1. The molecule has 0 radical (unpaired) electrons. The van der Waals surface area contributed by atoms with E-state index in [9.17, 15) is 15.0 Å². The minimum atomic E-state index is -0.835. The van der Waals surface area contributed by atoms with Crippen molar-refractivity contribution in [3.8, 4) is 0 Å². The average molecular weight is 658 g/mol. The first-order valence-corrected chi connectivity index (χ1v) is 20.4. The molecule has 2 atom stereocenters. The lowest BCUT2D eigenvalue weighted by molar-refractivity contribution is -0.123. The minimum absolute atomic E-state index is 0.0721. The number of allylic oxidation sites excluding steroid dienone is 7. The van der Waals surface area contributed by atoms with Crippen molar-refractivity contribution in [2.75, 3.05) is 6.61 Å². The largest absolute Gasteiger partial charge is 0.394 e. The second kappa shape index (κ2) is 38.8. The molecule has 0 rings (SSSR count). The summed E-state index contributed by atoms with van der Waals surface area (Å²) < 4.78 is 0. The van der Waals surface area contributed by atoms with Crippen LogP contribution >= 0.6 is 0 Å². The zero-order chi connectivity index (χ0) is 34.3. The van der Waals surface area contributed by atoms with Gasteiger partial charge in [-0.2, -0.15) is 0 Å². The Hall–Kier alpha value is -1.65. The summed E-state index contributed by atoms with van der Waals surface area (Å²) in [7, 11) is 0. The van der Waals surface area contributed by atoms with Gasteiger partial charge < -0.3 is 15.5 Å². The maximum atomic E-state index is 12.3. The molecule has 4 nitrogen and oxygen atoms in total. The quantitative estimate of drug-likeness (QED) is 0.0464. The Morgan fingerprint density at radius 3 is 1.32 bits per heavy atom. The Labute approximate surface area is 293 Å². The van der Waals surface area contributed by atoms with Gasteiger partial charge in [0.2, 0.25) is 5.91 Å². The number of unbranched alkanes of at least 4 members (excludes halogenated alkanes) is 23. The van der Waals surface area contributed by atoms with Gasteiger partial charge >= 0.3 is 0 Å². The van der Waals surface area contributed by atoms with Crippen molar-refractivity contribution in [3.05, 3.63) is 48.6 Å². The van der Waals surface area contributed by atoms with Crippen LogP contribution in [-0.2, 0) is 4.79 Å². The van der Waals surface area contributed by atoms with Crippen molar-refractivity contribution in [3.63, 3.8) is 0 Å². The van der Waals surface area contributed by atoms with Crippen molar-refractivity contribution in [1.82, 2.24) is 5.32 Å². The zero-order valence-electron chi connectivity index (χ0n) is 31.3. The van der Waals surface area contributed by atoms with Crippen LogP contribution < -0.4 is 5.32 Å². The summed E-state index contributed by atoms with van der Waals surface area (Å²) in [6, 6.07) is -0.619. The molecule has 0 spiro atoms. The number of aliphatic hydroxyl groups excluding tert-OH is 2. The van der Waals surface area contributed by atoms with E-state index in [1.54, 1.807) is 6.08 Å². The third-order valence-electron chi connectivity index (χ3n) is 9.06. The number of hydrogen-bond donors (Lipinski definition) is 3. The summed E-state index contributed by atoms with van der Waals surface area (Å²) in [5, 5.41) is 22.7. The van der Waals surface area contributed by atoms with E-state index in [2.05, 4.69) is 55.6 Å². The van der Waals surface area contributed by atoms with Gasteiger partial charge in [-0.05, 0) is 57.8 Å². The molecule has 0 aromatic carbocycles. The molecule has 2 unspecified atom stereocenters. The van der Waals surface area contributed by atoms with Gasteiger partial charge in [0.05, 0.1) is 18.8 Å². The molecule has 0 aromatic rings. The fourth-order valence-corrected chi connectivity index (χ4v) is 5.89.